The molecule has 0 saturated heterocycles. The second kappa shape index (κ2) is 6.05. The molecule has 0 amide bonds. The van der Waals surface area contributed by atoms with E-state index in [0.717, 1.165) is 5.57 Å². The standard InChI is InChI=1S/C8H9NO.CHN/c1-2-3-7-4-5-9-6-8(7)10;1-2/h2,4-5H,1,3,6H2;1H. The van der Waals surface area contributed by atoms with E-state index in [1.165, 1.54) is 0 Å². The van der Waals surface area contributed by atoms with Crippen LogP contribution in [0.3, 0.4) is 0 Å². The van der Waals surface area contributed by atoms with Crippen molar-refractivity contribution in [3.8, 4) is 6.57 Å². The number of nitriles is 1. The van der Waals surface area contributed by atoms with E-state index in [9.17, 15) is 4.79 Å². The highest BCUT2D eigenvalue weighted by atomic mass is 16.1. The monoisotopic (exact) mass is 162 g/mol. The number of dihydropyridines is 1. The van der Waals surface area contributed by atoms with Crippen molar-refractivity contribution in [1.29, 1.82) is 5.26 Å². The number of carbonyl (C=O) groups is 1. The molecule has 3 nitrogen and oxygen atoms in total. The summed E-state index contributed by atoms with van der Waals surface area (Å²) in [6.07, 6.45) is 5.79. The fraction of sp³-hybridized carbons (Fsp3) is 0.222. The first-order chi connectivity index (χ1) is 5.84. The summed E-state index contributed by atoms with van der Waals surface area (Å²) in [5.41, 5.74) is 0.810. The Morgan fingerprint density at radius 3 is 2.92 bits per heavy atom. The summed E-state index contributed by atoms with van der Waals surface area (Å²) in [6, 6.07) is 0. The molecule has 1 rings (SSSR count). The van der Waals surface area contributed by atoms with Crippen LogP contribution in [0.4, 0.5) is 0 Å². The number of Topliss-reactive ketones (excluding diaryl/α,β-unsaturated/α-hetero) is 1. The lowest BCUT2D eigenvalue weighted by atomic mass is 10.1. The zero-order chi connectivity index (χ0) is 9.40. The molecule has 0 spiro atoms. The molecule has 1 heterocycles. The number of hydrogen-bond acceptors (Lipinski definition) is 3. The SMILES string of the molecule is C#N.C=CCC1=CC=NCC1=O. The summed E-state index contributed by atoms with van der Waals surface area (Å²) in [4.78, 5) is 14.8. The van der Waals surface area contributed by atoms with Crippen LogP contribution < -0.4 is 0 Å². The van der Waals surface area contributed by atoms with Crippen molar-refractivity contribution in [3.05, 3.63) is 24.3 Å². The molecular weight excluding hydrogens is 152 g/mol. The molecule has 0 aromatic heterocycles. The fourth-order valence-corrected chi connectivity index (χ4v) is 0.810. The van der Waals surface area contributed by atoms with Gasteiger partial charge in [0.05, 0.1) is 0 Å². The summed E-state index contributed by atoms with van der Waals surface area (Å²) in [5, 5.41) is 6.50. The average Bonchev–Trinajstić information content (AvgIpc) is 2.13. The first-order valence-corrected chi connectivity index (χ1v) is 3.43. The van der Waals surface area contributed by atoms with Crippen molar-refractivity contribution in [2.45, 2.75) is 6.42 Å². The van der Waals surface area contributed by atoms with Crippen LogP contribution in [-0.4, -0.2) is 18.5 Å². The Bertz CT molecular complexity index is 248. The smallest absolute Gasteiger partial charge is 0.180 e. The second-order valence-corrected chi connectivity index (χ2v) is 2.10. The van der Waals surface area contributed by atoms with Gasteiger partial charge in [0.15, 0.2) is 5.78 Å². The number of ketones is 1. The van der Waals surface area contributed by atoms with Crippen LogP contribution in [0.2, 0.25) is 0 Å². The minimum absolute atomic E-state index is 0.113. The van der Waals surface area contributed by atoms with Crippen molar-refractivity contribution in [2.75, 3.05) is 6.54 Å². The minimum Gasteiger partial charge on any atom is -0.292 e. The molecule has 0 aromatic rings. The normalized spacial score (nSPS) is 14.2. The molecule has 0 fully saturated rings. The Kier molecular flexibility index (Phi) is 5.20. The number of carbonyl (C=O) groups excluding carboxylic acids is 1. The fourth-order valence-electron chi connectivity index (χ4n) is 0.810. The lowest BCUT2D eigenvalue weighted by Crippen LogP contribution is -2.09. The van der Waals surface area contributed by atoms with Gasteiger partial charge in [0, 0.05) is 18.4 Å². The van der Waals surface area contributed by atoms with Gasteiger partial charge in [-0.1, -0.05) is 6.08 Å². The Morgan fingerprint density at radius 2 is 2.42 bits per heavy atom. The van der Waals surface area contributed by atoms with Crippen molar-refractivity contribution >= 4 is 12.0 Å². The number of nitrogens with zero attached hydrogens (tertiary/aromatic N) is 2. The molecule has 0 saturated carbocycles. The van der Waals surface area contributed by atoms with E-state index in [-0.39, 0.29) is 5.78 Å². The summed E-state index contributed by atoms with van der Waals surface area (Å²) in [5.74, 6) is 0.113. The van der Waals surface area contributed by atoms with E-state index in [4.69, 9.17) is 5.26 Å². The van der Waals surface area contributed by atoms with Gasteiger partial charge in [-0.25, -0.2) is 5.26 Å². The predicted octanol–water partition coefficient (Wildman–Crippen LogP) is 1.28. The predicted molar refractivity (Wildman–Crippen MR) is 47.9 cm³/mol. The van der Waals surface area contributed by atoms with Gasteiger partial charge in [-0.15, -0.1) is 6.58 Å². The Hall–Kier alpha value is -1.69. The average molecular weight is 162 g/mol. The van der Waals surface area contributed by atoms with E-state index in [1.54, 1.807) is 18.4 Å². The third kappa shape index (κ3) is 2.93. The first-order valence-electron chi connectivity index (χ1n) is 3.43. The van der Waals surface area contributed by atoms with Crippen molar-refractivity contribution in [2.24, 2.45) is 4.99 Å². The highest BCUT2D eigenvalue weighted by Crippen LogP contribution is 2.05. The number of aliphatic imine (C=N–C) groups is 1. The molecule has 3 heteroatoms. The number of rotatable bonds is 2. The van der Waals surface area contributed by atoms with Gasteiger partial charge >= 0.3 is 0 Å². The number of allylic oxidation sites excluding steroid dienone is 2. The Labute approximate surface area is 71.7 Å². The molecular formula is C9H10N2O. The van der Waals surface area contributed by atoms with Crippen LogP contribution in [-0.2, 0) is 4.79 Å². The van der Waals surface area contributed by atoms with Crippen LogP contribution in [0.25, 0.3) is 0 Å². The summed E-state index contributed by atoms with van der Waals surface area (Å²) in [7, 11) is 0. The molecule has 0 aliphatic carbocycles. The van der Waals surface area contributed by atoms with Crippen molar-refractivity contribution < 1.29 is 4.79 Å². The van der Waals surface area contributed by atoms with E-state index in [0.29, 0.717) is 13.0 Å². The maximum atomic E-state index is 11.0. The van der Waals surface area contributed by atoms with Gasteiger partial charge in [0.25, 0.3) is 0 Å². The van der Waals surface area contributed by atoms with Crippen LogP contribution in [0.1, 0.15) is 6.42 Å². The zero-order valence-electron chi connectivity index (χ0n) is 6.73. The molecule has 0 radical (unpaired) electrons. The number of hydrogen-bond donors (Lipinski definition) is 0. The molecule has 1 aliphatic rings. The molecule has 0 unspecified atom stereocenters. The lowest BCUT2D eigenvalue weighted by molar-refractivity contribution is -0.114. The van der Waals surface area contributed by atoms with Crippen molar-refractivity contribution in [3.63, 3.8) is 0 Å². The van der Waals surface area contributed by atoms with E-state index >= 15 is 0 Å². The molecule has 0 bridgehead atoms. The summed E-state index contributed by atoms with van der Waals surface area (Å²) in [6.45, 7) is 7.36. The molecule has 62 valence electrons. The van der Waals surface area contributed by atoms with Crippen LogP contribution in [0, 0.1) is 11.8 Å². The lowest BCUT2D eigenvalue weighted by Gasteiger charge is -2.02. The maximum absolute atomic E-state index is 11.0. The molecule has 0 aromatic carbocycles. The third-order valence-corrected chi connectivity index (χ3v) is 1.34. The van der Waals surface area contributed by atoms with Gasteiger partial charge < -0.3 is 0 Å². The molecule has 0 atom stereocenters. The first kappa shape index (κ1) is 10.3. The summed E-state index contributed by atoms with van der Waals surface area (Å²) >= 11 is 0. The van der Waals surface area contributed by atoms with E-state index in [1.807, 2.05) is 0 Å². The largest absolute Gasteiger partial charge is 0.292 e. The quantitative estimate of drug-likeness (QED) is 0.574. The topological polar surface area (TPSA) is 53.2 Å². The second-order valence-electron chi connectivity index (χ2n) is 2.10. The summed E-state index contributed by atoms with van der Waals surface area (Å²) < 4.78 is 0. The van der Waals surface area contributed by atoms with Gasteiger partial charge in [0.2, 0.25) is 0 Å². The van der Waals surface area contributed by atoms with Gasteiger partial charge in [-0.05, 0) is 12.5 Å². The van der Waals surface area contributed by atoms with Crippen molar-refractivity contribution in [1.82, 2.24) is 0 Å². The van der Waals surface area contributed by atoms with Crippen LogP contribution >= 0.6 is 0 Å². The third-order valence-electron chi connectivity index (χ3n) is 1.34. The van der Waals surface area contributed by atoms with Gasteiger partial charge in [-0.2, -0.15) is 0 Å². The van der Waals surface area contributed by atoms with E-state index in [2.05, 4.69) is 18.1 Å². The minimum atomic E-state index is 0.113. The molecule has 1 aliphatic heterocycles. The van der Waals surface area contributed by atoms with Crippen LogP contribution in [0.5, 0.6) is 0 Å². The van der Waals surface area contributed by atoms with Crippen LogP contribution in [0.15, 0.2) is 29.3 Å². The highest BCUT2D eigenvalue weighted by molar-refractivity contribution is 6.03. The highest BCUT2D eigenvalue weighted by Gasteiger charge is 2.07. The van der Waals surface area contributed by atoms with Gasteiger partial charge in [-0.3, -0.25) is 9.79 Å². The molecule has 12 heavy (non-hydrogen) atoms. The van der Waals surface area contributed by atoms with Gasteiger partial charge in [0.1, 0.15) is 6.54 Å². The Balaban J connectivity index is 0.000000561. The zero-order valence-corrected chi connectivity index (χ0v) is 6.73. The Morgan fingerprint density at radius 1 is 1.75 bits per heavy atom. The van der Waals surface area contributed by atoms with E-state index < -0.39 is 0 Å². The maximum Gasteiger partial charge on any atom is 0.180 e. The molecule has 0 N–H and O–H groups in total.